The lowest BCUT2D eigenvalue weighted by molar-refractivity contribution is -0.0375. The lowest BCUT2D eigenvalue weighted by Gasteiger charge is -2.20. The minimum Gasteiger partial charge on any atom is -0.497 e. The molecule has 0 bridgehead atoms. The molecular weight excluding hydrogens is 256 g/mol. The summed E-state index contributed by atoms with van der Waals surface area (Å²) in [6, 6.07) is 8.02. The molecule has 2 saturated heterocycles. The number of carbonyl (C=O) groups is 1. The van der Waals surface area contributed by atoms with Crippen LogP contribution < -0.4 is 15.4 Å². The third-order valence-corrected chi connectivity index (χ3v) is 3.41. The quantitative estimate of drug-likeness (QED) is 0.885. The van der Waals surface area contributed by atoms with Gasteiger partial charge in [-0.25, -0.2) is 4.79 Å². The molecule has 1 aromatic rings. The first-order valence-corrected chi connectivity index (χ1v) is 6.96. The van der Waals surface area contributed by atoms with E-state index in [4.69, 9.17) is 9.47 Å². The Labute approximate surface area is 119 Å². The molecule has 2 N–H and O–H groups in total. The van der Waals surface area contributed by atoms with Crippen molar-refractivity contribution in [2.45, 2.75) is 31.9 Å². The number of hydrogen-bond donors (Lipinski definition) is 2. The van der Waals surface area contributed by atoms with E-state index in [-0.39, 0.29) is 12.1 Å². The zero-order chi connectivity index (χ0) is 14.4. The lowest BCUT2D eigenvalue weighted by Crippen LogP contribution is -2.28. The van der Waals surface area contributed by atoms with E-state index in [0.29, 0.717) is 12.6 Å². The maximum Gasteiger partial charge on any atom is 0.315 e. The van der Waals surface area contributed by atoms with E-state index in [2.05, 4.69) is 17.6 Å². The molecule has 0 aliphatic carbocycles. The zero-order valence-corrected chi connectivity index (χ0v) is 12.0. The number of benzene rings is 1. The van der Waals surface area contributed by atoms with Crippen molar-refractivity contribution in [2.24, 2.45) is 0 Å². The third kappa shape index (κ3) is 4.42. The molecule has 5 nitrogen and oxygen atoms in total. The second-order valence-electron chi connectivity index (χ2n) is 5.07. The monoisotopic (exact) mass is 278 g/mol. The number of ether oxygens (including phenoxy) is 2. The number of amides is 2. The highest BCUT2D eigenvalue weighted by Crippen LogP contribution is 2.13. The van der Waals surface area contributed by atoms with Crippen molar-refractivity contribution in [1.82, 2.24) is 10.6 Å². The molecule has 110 valence electrons. The molecule has 2 heterocycles. The molecule has 0 aromatic heterocycles. The van der Waals surface area contributed by atoms with Crippen molar-refractivity contribution in [1.29, 1.82) is 0 Å². The Bertz CT molecular complexity index is 429. The van der Waals surface area contributed by atoms with E-state index >= 15 is 0 Å². The van der Waals surface area contributed by atoms with Crippen LogP contribution in [-0.4, -0.2) is 38.4 Å². The molecule has 0 spiro atoms. The van der Waals surface area contributed by atoms with Crippen LogP contribution in [-0.2, 0) is 11.2 Å². The van der Waals surface area contributed by atoms with Crippen molar-refractivity contribution in [3.05, 3.63) is 29.8 Å². The normalized spacial score (nSPS) is 23.8. The fraction of sp³-hybridized carbons (Fsp3) is 0.533. The average molecular weight is 278 g/mol. The van der Waals surface area contributed by atoms with Crippen LogP contribution in [0.3, 0.4) is 0 Å². The predicted octanol–water partition coefficient (Wildman–Crippen LogP) is 1.71. The first kappa shape index (κ1) is 14.7. The number of urea groups is 1. The summed E-state index contributed by atoms with van der Waals surface area (Å²) in [6.45, 7) is 3.77. The topological polar surface area (TPSA) is 59.6 Å². The van der Waals surface area contributed by atoms with Gasteiger partial charge in [-0.1, -0.05) is 12.1 Å². The maximum atomic E-state index is 10.9. The van der Waals surface area contributed by atoms with Crippen molar-refractivity contribution in [3.63, 3.8) is 0 Å². The lowest BCUT2D eigenvalue weighted by atomic mass is 10.1. The van der Waals surface area contributed by atoms with Crippen LogP contribution in [0.2, 0.25) is 0 Å². The van der Waals surface area contributed by atoms with Crippen molar-refractivity contribution in [2.75, 3.05) is 20.3 Å². The zero-order valence-electron chi connectivity index (χ0n) is 12.0. The number of hydrogen-bond acceptors (Lipinski definition) is 3. The molecular formula is C15H22N2O3. The first-order chi connectivity index (χ1) is 9.67. The van der Waals surface area contributed by atoms with Crippen molar-refractivity contribution < 1.29 is 14.3 Å². The number of carbonyl (C=O) groups excluding carboxylic acids is 1. The molecule has 0 radical (unpaired) electrons. The summed E-state index contributed by atoms with van der Waals surface area (Å²) < 4.78 is 10.0. The van der Waals surface area contributed by atoms with Crippen LogP contribution in [0.25, 0.3) is 0 Å². The van der Waals surface area contributed by atoms with Crippen molar-refractivity contribution in [3.8, 4) is 5.75 Å². The summed E-state index contributed by atoms with van der Waals surface area (Å²) in [6.07, 6.45) is 2.68. The molecule has 20 heavy (non-hydrogen) atoms. The Kier molecular flexibility index (Phi) is 5.24. The third-order valence-electron chi connectivity index (χ3n) is 3.41. The minimum atomic E-state index is -0.0755. The standard InChI is InChI=1S/C11H14N2O2.C4H8O/c1-15-10-4-2-8(3-5-10)6-9-7-12-11(14)13-9;1-4-2-3-5-4/h2-5,9H,6-7H2,1H3,(H2,12,13,14);4H,2-3H2,1H3. The van der Waals surface area contributed by atoms with Crippen LogP contribution in [0.4, 0.5) is 4.79 Å². The van der Waals surface area contributed by atoms with Gasteiger partial charge in [0.1, 0.15) is 5.75 Å². The fourth-order valence-corrected chi connectivity index (χ4v) is 2.03. The minimum absolute atomic E-state index is 0.0755. The molecule has 1 aromatic carbocycles. The smallest absolute Gasteiger partial charge is 0.315 e. The van der Waals surface area contributed by atoms with E-state index in [1.54, 1.807) is 7.11 Å². The molecule has 3 rings (SSSR count). The molecule has 2 aliphatic heterocycles. The first-order valence-electron chi connectivity index (χ1n) is 6.96. The molecule has 0 saturated carbocycles. The summed E-state index contributed by atoms with van der Waals surface area (Å²) in [7, 11) is 1.65. The Morgan fingerprint density at radius 3 is 2.40 bits per heavy atom. The van der Waals surface area contributed by atoms with Crippen LogP contribution in [0.5, 0.6) is 5.75 Å². The van der Waals surface area contributed by atoms with Crippen LogP contribution in [0.1, 0.15) is 18.9 Å². The van der Waals surface area contributed by atoms with E-state index in [9.17, 15) is 4.79 Å². The summed E-state index contributed by atoms with van der Waals surface area (Å²) >= 11 is 0. The van der Waals surface area contributed by atoms with Gasteiger partial charge >= 0.3 is 6.03 Å². The highest BCUT2D eigenvalue weighted by Gasteiger charge is 2.19. The van der Waals surface area contributed by atoms with Gasteiger partial charge in [-0.2, -0.15) is 0 Å². The fourth-order valence-electron chi connectivity index (χ4n) is 2.03. The van der Waals surface area contributed by atoms with Gasteiger partial charge in [-0.15, -0.1) is 0 Å². The van der Waals surface area contributed by atoms with Gasteiger partial charge in [0.2, 0.25) is 0 Å². The van der Waals surface area contributed by atoms with Gasteiger partial charge in [0.05, 0.1) is 19.3 Å². The van der Waals surface area contributed by atoms with Gasteiger partial charge in [0.25, 0.3) is 0 Å². The molecule has 2 unspecified atom stereocenters. The second kappa shape index (κ2) is 7.14. The summed E-state index contributed by atoms with van der Waals surface area (Å²) in [4.78, 5) is 10.9. The average Bonchev–Trinajstić information content (AvgIpc) is 2.83. The van der Waals surface area contributed by atoms with Gasteiger partial charge in [0, 0.05) is 13.2 Å². The van der Waals surface area contributed by atoms with Crippen LogP contribution >= 0.6 is 0 Å². The summed E-state index contributed by atoms with van der Waals surface area (Å²) in [5.41, 5.74) is 1.20. The van der Waals surface area contributed by atoms with Crippen LogP contribution in [0.15, 0.2) is 24.3 Å². The largest absolute Gasteiger partial charge is 0.497 e. The molecule has 2 fully saturated rings. The van der Waals surface area contributed by atoms with Gasteiger partial charge < -0.3 is 20.1 Å². The summed E-state index contributed by atoms with van der Waals surface area (Å²) in [5, 5.41) is 5.59. The van der Waals surface area contributed by atoms with E-state index in [1.165, 1.54) is 12.0 Å². The Morgan fingerprint density at radius 2 is 2.00 bits per heavy atom. The highest BCUT2D eigenvalue weighted by molar-refractivity contribution is 5.76. The van der Waals surface area contributed by atoms with E-state index < -0.39 is 0 Å². The number of methoxy groups -OCH3 is 1. The van der Waals surface area contributed by atoms with Gasteiger partial charge in [0.15, 0.2) is 0 Å². The van der Waals surface area contributed by atoms with Gasteiger partial charge in [-0.05, 0) is 37.5 Å². The van der Waals surface area contributed by atoms with Crippen molar-refractivity contribution >= 4 is 6.03 Å². The van der Waals surface area contributed by atoms with E-state index in [1.807, 2.05) is 24.3 Å². The Morgan fingerprint density at radius 1 is 1.35 bits per heavy atom. The number of rotatable bonds is 3. The molecule has 2 atom stereocenters. The second-order valence-corrected chi connectivity index (χ2v) is 5.07. The summed E-state index contributed by atoms with van der Waals surface area (Å²) in [5.74, 6) is 0.854. The van der Waals surface area contributed by atoms with Crippen LogP contribution in [0, 0.1) is 0 Å². The molecule has 5 heteroatoms. The highest BCUT2D eigenvalue weighted by atomic mass is 16.5. The molecule has 2 aliphatic rings. The molecule has 2 amide bonds. The predicted molar refractivity (Wildman–Crippen MR) is 77.1 cm³/mol. The van der Waals surface area contributed by atoms with E-state index in [0.717, 1.165) is 18.8 Å². The number of nitrogens with one attached hydrogen (secondary N) is 2. The Balaban J connectivity index is 0.000000247. The maximum absolute atomic E-state index is 10.9. The Hall–Kier alpha value is -1.75. The van der Waals surface area contributed by atoms with Gasteiger partial charge in [-0.3, -0.25) is 0 Å². The SMILES string of the molecule is CC1CCO1.COc1ccc(CC2CNC(=O)N2)cc1.